The molecule has 3 aromatic rings. The van der Waals surface area contributed by atoms with E-state index in [1.54, 1.807) is 22.0 Å². The van der Waals surface area contributed by atoms with E-state index < -0.39 is 0 Å². The second-order valence-corrected chi connectivity index (χ2v) is 4.75. The Labute approximate surface area is 102 Å². The van der Waals surface area contributed by atoms with Crippen molar-refractivity contribution < 1.29 is 5.11 Å². The molecule has 3 aromatic heterocycles. The number of thiophene rings is 1. The summed E-state index contributed by atoms with van der Waals surface area (Å²) in [6.45, 7) is 2.01. The number of imidazole rings is 1. The molecule has 4 nitrogen and oxygen atoms in total. The Kier molecular flexibility index (Phi) is 2.42. The summed E-state index contributed by atoms with van der Waals surface area (Å²) >= 11 is 1.67. The first-order valence-electron chi connectivity index (χ1n) is 5.28. The Morgan fingerprint density at radius 2 is 2.24 bits per heavy atom. The van der Waals surface area contributed by atoms with Gasteiger partial charge in [-0.05, 0) is 36.1 Å². The second-order valence-electron chi connectivity index (χ2n) is 3.83. The molecule has 0 bridgehead atoms. The molecule has 0 saturated carbocycles. The Hall–Kier alpha value is -1.72. The van der Waals surface area contributed by atoms with Crippen molar-refractivity contribution in [1.82, 2.24) is 14.6 Å². The van der Waals surface area contributed by atoms with Gasteiger partial charge in [0.1, 0.15) is 5.69 Å². The quantitative estimate of drug-likeness (QED) is 0.753. The highest BCUT2D eigenvalue weighted by atomic mass is 32.1. The van der Waals surface area contributed by atoms with Gasteiger partial charge in [-0.3, -0.25) is 0 Å². The predicted octanol–water partition coefficient (Wildman–Crippen LogP) is 2.26. The number of hydrogen-bond acceptors (Lipinski definition) is 4. The normalized spacial score (nSPS) is 11.2. The number of fused-ring (bicyclic) bond motifs is 1. The SMILES string of the molecule is Cc1ccsc1-c1ccc2ncc(CO)n2n1. The lowest BCUT2D eigenvalue weighted by molar-refractivity contribution is 0.274. The summed E-state index contributed by atoms with van der Waals surface area (Å²) in [7, 11) is 0. The molecule has 0 atom stereocenters. The first-order valence-corrected chi connectivity index (χ1v) is 6.16. The van der Waals surface area contributed by atoms with Crippen molar-refractivity contribution in [2.75, 3.05) is 0 Å². The standard InChI is InChI=1S/C12H11N3OS/c1-8-4-5-17-12(8)10-2-3-11-13-6-9(7-16)15(11)14-10/h2-6,16H,7H2,1H3. The molecular formula is C12H11N3OS. The van der Waals surface area contributed by atoms with Crippen molar-refractivity contribution in [3.8, 4) is 10.6 Å². The Morgan fingerprint density at radius 3 is 2.94 bits per heavy atom. The molecule has 17 heavy (non-hydrogen) atoms. The minimum Gasteiger partial charge on any atom is -0.390 e. The van der Waals surface area contributed by atoms with E-state index in [-0.39, 0.29) is 6.61 Å². The molecule has 0 fully saturated rings. The van der Waals surface area contributed by atoms with Crippen molar-refractivity contribution in [2.45, 2.75) is 13.5 Å². The summed E-state index contributed by atoms with van der Waals surface area (Å²) in [6, 6.07) is 5.95. The van der Waals surface area contributed by atoms with Crippen LogP contribution in [-0.4, -0.2) is 19.7 Å². The van der Waals surface area contributed by atoms with Crippen LogP contribution in [0.5, 0.6) is 0 Å². The smallest absolute Gasteiger partial charge is 0.153 e. The van der Waals surface area contributed by atoms with Crippen LogP contribution in [-0.2, 0) is 6.61 Å². The fourth-order valence-electron chi connectivity index (χ4n) is 1.78. The predicted molar refractivity (Wildman–Crippen MR) is 67.0 cm³/mol. The highest BCUT2D eigenvalue weighted by Gasteiger charge is 2.08. The molecule has 0 aliphatic carbocycles. The number of rotatable bonds is 2. The van der Waals surface area contributed by atoms with Crippen LogP contribution in [0.25, 0.3) is 16.2 Å². The van der Waals surface area contributed by atoms with Gasteiger partial charge in [-0.25, -0.2) is 9.50 Å². The molecule has 0 amide bonds. The average molecular weight is 245 g/mol. The Bertz CT molecular complexity index is 671. The van der Waals surface area contributed by atoms with E-state index in [0.29, 0.717) is 5.69 Å². The molecule has 0 saturated heterocycles. The van der Waals surface area contributed by atoms with Crippen LogP contribution >= 0.6 is 11.3 Å². The van der Waals surface area contributed by atoms with Gasteiger partial charge in [0.15, 0.2) is 5.65 Å². The van der Waals surface area contributed by atoms with E-state index >= 15 is 0 Å². The largest absolute Gasteiger partial charge is 0.390 e. The Balaban J connectivity index is 2.22. The summed E-state index contributed by atoms with van der Waals surface area (Å²) < 4.78 is 1.69. The van der Waals surface area contributed by atoms with E-state index in [1.807, 2.05) is 12.1 Å². The van der Waals surface area contributed by atoms with Gasteiger partial charge in [0.05, 0.1) is 23.4 Å². The lowest BCUT2D eigenvalue weighted by Crippen LogP contribution is -1.98. The minimum absolute atomic E-state index is 0.0545. The van der Waals surface area contributed by atoms with Crippen molar-refractivity contribution >= 4 is 17.0 Å². The molecular weight excluding hydrogens is 234 g/mol. The summed E-state index contributed by atoms with van der Waals surface area (Å²) in [5.74, 6) is 0. The molecule has 0 radical (unpaired) electrons. The van der Waals surface area contributed by atoms with Gasteiger partial charge >= 0.3 is 0 Å². The number of aliphatic hydroxyl groups is 1. The maximum Gasteiger partial charge on any atom is 0.153 e. The van der Waals surface area contributed by atoms with Crippen LogP contribution in [0.1, 0.15) is 11.3 Å². The van der Waals surface area contributed by atoms with Crippen LogP contribution in [0.15, 0.2) is 29.8 Å². The highest BCUT2D eigenvalue weighted by Crippen LogP contribution is 2.27. The lowest BCUT2D eigenvalue weighted by atomic mass is 10.2. The van der Waals surface area contributed by atoms with Gasteiger partial charge in [-0.1, -0.05) is 0 Å². The number of aliphatic hydroxyl groups excluding tert-OH is 1. The number of aromatic nitrogens is 3. The van der Waals surface area contributed by atoms with Gasteiger partial charge < -0.3 is 5.11 Å². The van der Waals surface area contributed by atoms with Crippen LogP contribution in [0, 0.1) is 6.92 Å². The number of hydrogen-bond donors (Lipinski definition) is 1. The molecule has 86 valence electrons. The van der Waals surface area contributed by atoms with E-state index in [2.05, 4.69) is 28.5 Å². The summed E-state index contributed by atoms with van der Waals surface area (Å²) in [6.07, 6.45) is 1.65. The summed E-state index contributed by atoms with van der Waals surface area (Å²) in [5.41, 5.74) is 3.59. The van der Waals surface area contributed by atoms with Gasteiger partial charge in [-0.15, -0.1) is 11.3 Å². The molecule has 3 heterocycles. The Morgan fingerprint density at radius 1 is 1.35 bits per heavy atom. The number of aryl methyl sites for hydroxylation is 1. The molecule has 0 aromatic carbocycles. The van der Waals surface area contributed by atoms with Gasteiger partial charge in [0.2, 0.25) is 0 Å². The molecule has 0 aliphatic rings. The minimum atomic E-state index is -0.0545. The molecule has 0 spiro atoms. The van der Waals surface area contributed by atoms with E-state index in [4.69, 9.17) is 0 Å². The third kappa shape index (κ3) is 1.64. The zero-order valence-electron chi connectivity index (χ0n) is 9.29. The van der Waals surface area contributed by atoms with Gasteiger partial charge in [0, 0.05) is 0 Å². The molecule has 0 unspecified atom stereocenters. The summed E-state index contributed by atoms with van der Waals surface area (Å²) in [5, 5.41) is 15.8. The number of nitrogens with zero attached hydrogens (tertiary/aromatic N) is 3. The van der Waals surface area contributed by atoms with Crippen LogP contribution in [0.3, 0.4) is 0 Å². The van der Waals surface area contributed by atoms with Crippen molar-refractivity contribution in [3.63, 3.8) is 0 Å². The fourth-order valence-corrected chi connectivity index (χ4v) is 2.68. The fraction of sp³-hybridized carbons (Fsp3) is 0.167. The van der Waals surface area contributed by atoms with Crippen LogP contribution in [0.2, 0.25) is 0 Å². The van der Waals surface area contributed by atoms with Crippen molar-refractivity contribution in [3.05, 3.63) is 41.0 Å². The van der Waals surface area contributed by atoms with E-state index in [9.17, 15) is 5.11 Å². The molecule has 1 N–H and O–H groups in total. The average Bonchev–Trinajstić information content (AvgIpc) is 2.93. The van der Waals surface area contributed by atoms with E-state index in [1.165, 1.54) is 5.56 Å². The monoisotopic (exact) mass is 245 g/mol. The highest BCUT2D eigenvalue weighted by molar-refractivity contribution is 7.13. The third-order valence-corrected chi connectivity index (χ3v) is 3.73. The van der Waals surface area contributed by atoms with Gasteiger partial charge in [0.25, 0.3) is 0 Å². The molecule has 3 rings (SSSR count). The molecule has 5 heteroatoms. The zero-order valence-corrected chi connectivity index (χ0v) is 10.1. The maximum absolute atomic E-state index is 9.20. The third-order valence-electron chi connectivity index (χ3n) is 2.69. The van der Waals surface area contributed by atoms with Gasteiger partial charge in [-0.2, -0.15) is 5.10 Å². The molecule has 0 aliphatic heterocycles. The zero-order chi connectivity index (χ0) is 11.8. The first kappa shape index (κ1) is 10.4. The topological polar surface area (TPSA) is 50.4 Å². The lowest BCUT2D eigenvalue weighted by Gasteiger charge is -2.02. The van der Waals surface area contributed by atoms with Crippen LogP contribution < -0.4 is 0 Å². The van der Waals surface area contributed by atoms with Crippen molar-refractivity contribution in [1.29, 1.82) is 0 Å². The second kappa shape index (κ2) is 3.94. The first-order chi connectivity index (χ1) is 8.29. The van der Waals surface area contributed by atoms with Crippen molar-refractivity contribution in [2.24, 2.45) is 0 Å². The maximum atomic E-state index is 9.20. The summed E-state index contributed by atoms with van der Waals surface area (Å²) in [4.78, 5) is 5.34. The van der Waals surface area contributed by atoms with E-state index in [0.717, 1.165) is 16.2 Å². The van der Waals surface area contributed by atoms with Crippen LogP contribution in [0.4, 0.5) is 0 Å².